The van der Waals surface area contributed by atoms with Gasteiger partial charge in [0.1, 0.15) is 0 Å². The highest BCUT2D eigenvalue weighted by molar-refractivity contribution is 5.19. The van der Waals surface area contributed by atoms with Gasteiger partial charge >= 0.3 is 0 Å². The highest BCUT2D eigenvalue weighted by atomic mass is 16.5. The van der Waals surface area contributed by atoms with Crippen molar-refractivity contribution < 1.29 is 4.74 Å². The Hall–Kier alpha value is -1.03. The van der Waals surface area contributed by atoms with Gasteiger partial charge in [-0.3, -0.25) is 0 Å². The van der Waals surface area contributed by atoms with Gasteiger partial charge in [-0.2, -0.15) is 5.10 Å². The van der Waals surface area contributed by atoms with E-state index in [2.05, 4.69) is 5.10 Å². The monoisotopic (exact) mass is 195 g/mol. The molecule has 14 heavy (non-hydrogen) atoms. The molecule has 1 atom stereocenters. The van der Waals surface area contributed by atoms with Crippen LogP contribution >= 0.6 is 0 Å². The minimum Gasteiger partial charge on any atom is -0.481 e. The first-order valence-corrected chi connectivity index (χ1v) is 5.06. The standard InChI is InChI=1S/C10H17N3O/c1-13-9(14-2)6-8(12-13)10(11)7-4-3-5-7/h6-7,10H,3-5,11H2,1-2H3. The predicted molar refractivity (Wildman–Crippen MR) is 54.0 cm³/mol. The number of methoxy groups -OCH3 is 1. The molecule has 1 heterocycles. The summed E-state index contributed by atoms with van der Waals surface area (Å²) in [6, 6.07) is 2.02. The summed E-state index contributed by atoms with van der Waals surface area (Å²) < 4.78 is 6.88. The average molecular weight is 195 g/mol. The van der Waals surface area contributed by atoms with Crippen LogP contribution in [-0.4, -0.2) is 16.9 Å². The summed E-state index contributed by atoms with van der Waals surface area (Å²) in [6.45, 7) is 0. The Morgan fingerprint density at radius 2 is 2.36 bits per heavy atom. The van der Waals surface area contributed by atoms with Crippen molar-refractivity contribution in [1.82, 2.24) is 9.78 Å². The van der Waals surface area contributed by atoms with Crippen LogP contribution in [0.2, 0.25) is 0 Å². The molecule has 0 bridgehead atoms. The van der Waals surface area contributed by atoms with Crippen LogP contribution in [0.3, 0.4) is 0 Å². The molecule has 0 spiro atoms. The highest BCUT2D eigenvalue weighted by Crippen LogP contribution is 2.36. The highest BCUT2D eigenvalue weighted by Gasteiger charge is 2.27. The van der Waals surface area contributed by atoms with Crippen molar-refractivity contribution in [3.63, 3.8) is 0 Å². The van der Waals surface area contributed by atoms with Gasteiger partial charge < -0.3 is 10.5 Å². The van der Waals surface area contributed by atoms with E-state index in [-0.39, 0.29) is 6.04 Å². The quantitative estimate of drug-likeness (QED) is 0.789. The first-order valence-electron chi connectivity index (χ1n) is 5.06. The van der Waals surface area contributed by atoms with Gasteiger partial charge in [0.15, 0.2) is 0 Å². The summed E-state index contributed by atoms with van der Waals surface area (Å²) >= 11 is 0. The maximum Gasteiger partial charge on any atom is 0.211 e. The third kappa shape index (κ3) is 1.50. The largest absolute Gasteiger partial charge is 0.481 e. The second kappa shape index (κ2) is 3.61. The van der Waals surface area contributed by atoms with Crippen molar-refractivity contribution in [2.45, 2.75) is 25.3 Å². The number of rotatable bonds is 3. The lowest BCUT2D eigenvalue weighted by atomic mass is 9.79. The number of aryl methyl sites for hydroxylation is 1. The van der Waals surface area contributed by atoms with E-state index in [4.69, 9.17) is 10.5 Å². The fourth-order valence-corrected chi connectivity index (χ4v) is 1.87. The number of nitrogens with two attached hydrogens (primary N) is 1. The zero-order chi connectivity index (χ0) is 10.1. The topological polar surface area (TPSA) is 53.1 Å². The van der Waals surface area contributed by atoms with E-state index in [1.165, 1.54) is 19.3 Å². The van der Waals surface area contributed by atoms with Crippen LogP contribution in [0.15, 0.2) is 6.07 Å². The minimum absolute atomic E-state index is 0.0823. The van der Waals surface area contributed by atoms with Gasteiger partial charge in [0.2, 0.25) is 5.88 Å². The Morgan fingerprint density at radius 1 is 1.64 bits per heavy atom. The molecule has 1 fully saturated rings. The van der Waals surface area contributed by atoms with Crippen LogP contribution in [0, 0.1) is 5.92 Å². The molecule has 1 aliphatic carbocycles. The molecule has 4 heteroatoms. The maximum absolute atomic E-state index is 6.11. The third-order valence-corrected chi connectivity index (χ3v) is 3.06. The van der Waals surface area contributed by atoms with E-state index in [0.29, 0.717) is 5.92 Å². The van der Waals surface area contributed by atoms with Gasteiger partial charge in [0, 0.05) is 13.1 Å². The summed E-state index contributed by atoms with van der Waals surface area (Å²) in [7, 11) is 3.52. The number of hydrogen-bond acceptors (Lipinski definition) is 3. The first kappa shape index (κ1) is 9.52. The molecule has 0 aromatic carbocycles. The zero-order valence-electron chi connectivity index (χ0n) is 8.73. The van der Waals surface area contributed by atoms with Crippen molar-refractivity contribution in [3.05, 3.63) is 11.8 Å². The van der Waals surface area contributed by atoms with E-state index in [9.17, 15) is 0 Å². The average Bonchev–Trinajstić information content (AvgIpc) is 2.43. The number of aromatic nitrogens is 2. The summed E-state index contributed by atoms with van der Waals surface area (Å²) in [4.78, 5) is 0. The van der Waals surface area contributed by atoms with Gasteiger partial charge in [-0.05, 0) is 18.8 Å². The molecule has 0 saturated heterocycles. The van der Waals surface area contributed by atoms with Crippen LogP contribution in [0.4, 0.5) is 0 Å². The van der Waals surface area contributed by atoms with Crippen molar-refractivity contribution in [2.75, 3.05) is 7.11 Å². The lowest BCUT2D eigenvalue weighted by Gasteiger charge is -2.29. The van der Waals surface area contributed by atoms with E-state index >= 15 is 0 Å². The van der Waals surface area contributed by atoms with E-state index in [1.807, 2.05) is 13.1 Å². The lowest BCUT2D eigenvalue weighted by molar-refractivity contribution is 0.260. The van der Waals surface area contributed by atoms with Crippen molar-refractivity contribution in [2.24, 2.45) is 18.7 Å². The summed E-state index contributed by atoms with van der Waals surface area (Å²) in [5.41, 5.74) is 7.06. The molecule has 0 radical (unpaired) electrons. The van der Waals surface area contributed by atoms with Gasteiger partial charge in [0.05, 0.1) is 18.8 Å². The van der Waals surface area contributed by atoms with Gasteiger partial charge in [-0.1, -0.05) is 6.42 Å². The lowest BCUT2D eigenvalue weighted by Crippen LogP contribution is -2.27. The Kier molecular flexibility index (Phi) is 2.46. The minimum atomic E-state index is 0.0823. The Balaban J connectivity index is 2.14. The SMILES string of the molecule is COc1cc(C(N)C2CCC2)nn1C. The second-order valence-corrected chi connectivity index (χ2v) is 3.95. The van der Waals surface area contributed by atoms with E-state index in [1.54, 1.807) is 11.8 Å². The first-order chi connectivity index (χ1) is 6.72. The molecular formula is C10H17N3O. The van der Waals surface area contributed by atoms with Crippen molar-refractivity contribution in [3.8, 4) is 5.88 Å². The molecule has 0 amide bonds. The van der Waals surface area contributed by atoms with E-state index < -0.39 is 0 Å². The molecule has 4 nitrogen and oxygen atoms in total. The summed E-state index contributed by atoms with van der Waals surface area (Å²) in [5, 5.41) is 4.35. The molecule has 1 aliphatic rings. The van der Waals surface area contributed by atoms with Gasteiger partial charge in [-0.25, -0.2) is 4.68 Å². The fraction of sp³-hybridized carbons (Fsp3) is 0.700. The van der Waals surface area contributed by atoms with Gasteiger partial charge in [-0.15, -0.1) is 0 Å². The molecule has 2 N–H and O–H groups in total. The molecule has 1 saturated carbocycles. The third-order valence-electron chi connectivity index (χ3n) is 3.06. The Morgan fingerprint density at radius 3 is 2.79 bits per heavy atom. The van der Waals surface area contributed by atoms with Crippen LogP contribution in [0.25, 0.3) is 0 Å². The van der Waals surface area contributed by atoms with Crippen molar-refractivity contribution >= 4 is 0 Å². The maximum atomic E-state index is 6.11. The normalized spacial score (nSPS) is 19.1. The Bertz CT molecular complexity index is 317. The molecule has 1 aromatic heterocycles. The van der Waals surface area contributed by atoms with Crippen molar-refractivity contribution in [1.29, 1.82) is 0 Å². The summed E-state index contributed by atoms with van der Waals surface area (Å²) in [5.74, 6) is 1.39. The second-order valence-electron chi connectivity index (χ2n) is 3.95. The smallest absolute Gasteiger partial charge is 0.211 e. The number of ether oxygens (including phenoxy) is 1. The zero-order valence-corrected chi connectivity index (χ0v) is 8.73. The van der Waals surface area contributed by atoms with E-state index in [0.717, 1.165) is 11.6 Å². The molecule has 1 unspecified atom stereocenters. The van der Waals surface area contributed by atoms with Crippen LogP contribution in [-0.2, 0) is 7.05 Å². The fourth-order valence-electron chi connectivity index (χ4n) is 1.87. The molecule has 78 valence electrons. The predicted octanol–water partition coefficient (Wildman–Crippen LogP) is 1.23. The number of hydrogen-bond donors (Lipinski definition) is 1. The molecular weight excluding hydrogens is 178 g/mol. The Labute approximate surface area is 84.0 Å². The van der Waals surface area contributed by atoms with Crippen LogP contribution in [0.1, 0.15) is 31.0 Å². The van der Waals surface area contributed by atoms with Crippen LogP contribution in [0.5, 0.6) is 5.88 Å². The number of nitrogens with zero attached hydrogens (tertiary/aromatic N) is 2. The molecule has 0 aliphatic heterocycles. The van der Waals surface area contributed by atoms with Crippen LogP contribution < -0.4 is 10.5 Å². The summed E-state index contributed by atoms with van der Waals surface area (Å²) in [6.07, 6.45) is 3.78. The van der Waals surface area contributed by atoms with Gasteiger partial charge in [0.25, 0.3) is 0 Å². The molecule has 1 aromatic rings. The molecule has 2 rings (SSSR count).